The van der Waals surface area contributed by atoms with Gasteiger partial charge in [-0.2, -0.15) is 0 Å². The second-order valence-corrected chi connectivity index (χ2v) is 6.21. The maximum Gasteiger partial charge on any atom is 0.0715 e. The summed E-state index contributed by atoms with van der Waals surface area (Å²) in [6.07, 6.45) is 3.67. The van der Waals surface area contributed by atoms with Crippen LogP contribution in [0.4, 0.5) is 0 Å². The Morgan fingerprint density at radius 2 is 1.67 bits per heavy atom. The normalized spacial score (nSPS) is 31.6. The summed E-state index contributed by atoms with van der Waals surface area (Å²) in [4.78, 5) is 2.47. The van der Waals surface area contributed by atoms with Gasteiger partial charge in [0, 0.05) is 18.6 Å². The molecule has 1 aliphatic heterocycles. The zero-order valence-electron chi connectivity index (χ0n) is 11.0. The van der Waals surface area contributed by atoms with Crippen molar-refractivity contribution in [1.29, 1.82) is 0 Å². The van der Waals surface area contributed by atoms with Crippen molar-refractivity contribution in [3.63, 3.8) is 0 Å². The van der Waals surface area contributed by atoms with E-state index in [1.165, 1.54) is 19.3 Å². The van der Waals surface area contributed by atoms with E-state index in [9.17, 15) is 5.11 Å². The first-order valence-electron chi connectivity index (χ1n) is 6.26. The highest BCUT2D eigenvalue weighted by Gasteiger charge is 2.30. The molecule has 3 atom stereocenters. The predicted octanol–water partition coefficient (Wildman–Crippen LogP) is 2.66. The van der Waals surface area contributed by atoms with Crippen molar-refractivity contribution in [2.45, 2.75) is 72.1 Å². The second-order valence-electron chi connectivity index (χ2n) is 6.21. The number of hydrogen-bond donors (Lipinski definition) is 1. The Hall–Kier alpha value is -0.0800. The molecule has 1 N–H and O–H groups in total. The van der Waals surface area contributed by atoms with Crippen molar-refractivity contribution in [3.8, 4) is 0 Å². The molecule has 1 aliphatic rings. The molecule has 2 nitrogen and oxygen atoms in total. The maximum atomic E-state index is 10.1. The van der Waals surface area contributed by atoms with E-state index >= 15 is 0 Å². The van der Waals surface area contributed by atoms with E-state index in [-0.39, 0.29) is 11.5 Å². The predicted molar refractivity (Wildman–Crippen MR) is 64.9 cm³/mol. The average Bonchev–Trinajstić information content (AvgIpc) is 2.09. The van der Waals surface area contributed by atoms with Gasteiger partial charge in [0.1, 0.15) is 0 Å². The van der Waals surface area contributed by atoms with Crippen LogP contribution in [0.3, 0.4) is 0 Å². The quantitative estimate of drug-likeness (QED) is 0.762. The average molecular weight is 213 g/mol. The summed E-state index contributed by atoms with van der Waals surface area (Å²) < 4.78 is 0. The minimum atomic E-state index is -0.222. The summed E-state index contributed by atoms with van der Waals surface area (Å²) in [6.45, 7) is 11.7. The third kappa shape index (κ3) is 3.46. The van der Waals surface area contributed by atoms with Crippen LogP contribution in [0.2, 0.25) is 0 Å². The molecule has 0 aromatic carbocycles. The lowest BCUT2D eigenvalue weighted by Crippen LogP contribution is -2.49. The van der Waals surface area contributed by atoms with Crippen LogP contribution in [0.1, 0.15) is 53.9 Å². The van der Waals surface area contributed by atoms with Gasteiger partial charge < -0.3 is 5.11 Å². The van der Waals surface area contributed by atoms with Crippen LogP contribution in [0, 0.1) is 5.41 Å². The van der Waals surface area contributed by atoms with E-state index < -0.39 is 0 Å². The molecule has 0 aliphatic carbocycles. The molecule has 0 aromatic heterocycles. The first-order valence-corrected chi connectivity index (χ1v) is 6.26. The van der Waals surface area contributed by atoms with Crippen LogP contribution in [0.5, 0.6) is 0 Å². The van der Waals surface area contributed by atoms with Gasteiger partial charge in [0.25, 0.3) is 0 Å². The fraction of sp³-hybridized carbons (Fsp3) is 1.00. The van der Waals surface area contributed by atoms with Gasteiger partial charge in [-0.1, -0.05) is 27.2 Å². The lowest BCUT2D eigenvalue weighted by molar-refractivity contribution is -0.00790. The van der Waals surface area contributed by atoms with E-state index in [0.717, 1.165) is 6.54 Å². The van der Waals surface area contributed by atoms with Crippen molar-refractivity contribution >= 4 is 0 Å². The molecular weight excluding hydrogens is 186 g/mol. The van der Waals surface area contributed by atoms with Gasteiger partial charge in [-0.25, -0.2) is 0 Å². The van der Waals surface area contributed by atoms with Crippen molar-refractivity contribution < 1.29 is 5.11 Å². The zero-order valence-corrected chi connectivity index (χ0v) is 11.0. The lowest BCUT2D eigenvalue weighted by atomic mass is 9.87. The van der Waals surface area contributed by atoms with Crippen LogP contribution < -0.4 is 0 Å². The summed E-state index contributed by atoms with van der Waals surface area (Å²) in [5.41, 5.74) is -0.00309. The highest BCUT2D eigenvalue weighted by atomic mass is 16.3. The van der Waals surface area contributed by atoms with Crippen LogP contribution in [0.15, 0.2) is 0 Å². The van der Waals surface area contributed by atoms with Gasteiger partial charge in [-0.15, -0.1) is 0 Å². The van der Waals surface area contributed by atoms with E-state index in [1.807, 2.05) is 0 Å². The number of β-amino-alcohol motifs (C(OH)–C–C–N with tert-alkyl or cyclic N) is 1. The fourth-order valence-electron chi connectivity index (χ4n) is 2.31. The van der Waals surface area contributed by atoms with Crippen LogP contribution in [0.25, 0.3) is 0 Å². The molecular formula is C13H27NO. The number of aliphatic hydroxyl groups excluding tert-OH is 1. The van der Waals surface area contributed by atoms with Gasteiger partial charge in [-0.3, -0.25) is 4.90 Å². The molecule has 0 aromatic rings. The molecule has 0 saturated carbocycles. The highest BCUT2D eigenvalue weighted by Crippen LogP contribution is 2.26. The topological polar surface area (TPSA) is 23.5 Å². The lowest BCUT2D eigenvalue weighted by Gasteiger charge is -2.42. The molecule has 0 radical (unpaired) electrons. The minimum absolute atomic E-state index is 0.00309. The fourth-order valence-corrected chi connectivity index (χ4v) is 2.31. The number of rotatable bonds is 2. The molecule has 1 heterocycles. The van der Waals surface area contributed by atoms with Gasteiger partial charge in [0.05, 0.1) is 6.10 Å². The van der Waals surface area contributed by atoms with Crippen molar-refractivity contribution in [3.05, 3.63) is 0 Å². The molecule has 90 valence electrons. The number of hydrogen-bond acceptors (Lipinski definition) is 2. The van der Waals surface area contributed by atoms with Gasteiger partial charge in [0.15, 0.2) is 0 Å². The van der Waals surface area contributed by atoms with E-state index in [2.05, 4.69) is 39.5 Å². The molecule has 1 fully saturated rings. The number of likely N-dealkylation sites (tertiary alicyclic amines) is 1. The van der Waals surface area contributed by atoms with Gasteiger partial charge in [-0.05, 0) is 32.1 Å². The standard InChI is InChI=1S/C13H27NO/c1-10-7-6-8-11(2)14(10)9-12(15)13(3,4)5/h10-12,15H,6-9H2,1-5H3/t10-,11+,12-/m1/s1. The molecule has 2 heteroatoms. The smallest absolute Gasteiger partial charge is 0.0715 e. The Bertz CT molecular complexity index is 187. The van der Waals surface area contributed by atoms with Gasteiger partial charge in [0.2, 0.25) is 0 Å². The van der Waals surface area contributed by atoms with Crippen molar-refractivity contribution in [2.24, 2.45) is 5.41 Å². The summed E-state index contributed by atoms with van der Waals surface area (Å²) in [6, 6.07) is 1.26. The number of aliphatic hydroxyl groups is 1. The summed E-state index contributed by atoms with van der Waals surface area (Å²) in [5, 5.41) is 10.1. The van der Waals surface area contributed by atoms with E-state index in [0.29, 0.717) is 12.1 Å². The first kappa shape index (κ1) is 13.0. The first-order chi connectivity index (χ1) is 6.82. The van der Waals surface area contributed by atoms with Crippen LogP contribution in [-0.2, 0) is 0 Å². The molecule has 0 unspecified atom stereocenters. The summed E-state index contributed by atoms with van der Waals surface area (Å²) in [5.74, 6) is 0. The molecule has 1 rings (SSSR count). The van der Waals surface area contributed by atoms with Crippen molar-refractivity contribution in [2.75, 3.05) is 6.54 Å². The monoisotopic (exact) mass is 213 g/mol. The molecule has 0 spiro atoms. The molecule has 1 saturated heterocycles. The minimum Gasteiger partial charge on any atom is -0.391 e. The Labute approximate surface area is 94.7 Å². The Kier molecular flexibility index (Phi) is 4.19. The van der Waals surface area contributed by atoms with E-state index in [4.69, 9.17) is 0 Å². The highest BCUT2D eigenvalue weighted by molar-refractivity contribution is 4.84. The molecule has 15 heavy (non-hydrogen) atoms. The molecule has 0 amide bonds. The van der Waals surface area contributed by atoms with Gasteiger partial charge >= 0.3 is 0 Å². The Morgan fingerprint density at radius 3 is 2.07 bits per heavy atom. The number of piperidine rings is 1. The third-order valence-electron chi connectivity index (χ3n) is 3.76. The van der Waals surface area contributed by atoms with Crippen LogP contribution >= 0.6 is 0 Å². The number of nitrogens with zero attached hydrogens (tertiary/aromatic N) is 1. The van der Waals surface area contributed by atoms with Crippen LogP contribution in [-0.4, -0.2) is 34.7 Å². The Morgan fingerprint density at radius 1 is 1.20 bits per heavy atom. The zero-order chi connectivity index (χ0) is 11.6. The molecule has 0 bridgehead atoms. The SMILES string of the molecule is C[C@@H]1CCC[C@H](C)N1C[C@@H](O)C(C)(C)C. The van der Waals surface area contributed by atoms with Crippen molar-refractivity contribution in [1.82, 2.24) is 4.90 Å². The Balaban J connectivity index is 2.55. The largest absolute Gasteiger partial charge is 0.391 e. The second kappa shape index (κ2) is 4.84. The van der Waals surface area contributed by atoms with E-state index in [1.54, 1.807) is 0 Å². The summed E-state index contributed by atoms with van der Waals surface area (Å²) >= 11 is 0. The maximum absolute atomic E-state index is 10.1. The third-order valence-corrected chi connectivity index (χ3v) is 3.76. The summed E-state index contributed by atoms with van der Waals surface area (Å²) in [7, 11) is 0.